The smallest absolute Gasteiger partial charge is 0.323 e. The van der Waals surface area contributed by atoms with Crippen molar-refractivity contribution in [2.45, 2.75) is 27.2 Å². The molecule has 0 fully saturated rings. The zero-order chi connectivity index (χ0) is 12.6. The largest absolute Gasteiger partial charge is 0.480 e. The van der Waals surface area contributed by atoms with Gasteiger partial charge in [-0.15, -0.1) is 0 Å². The van der Waals surface area contributed by atoms with Gasteiger partial charge in [0.15, 0.2) is 0 Å². The Labute approximate surface area is 101 Å². The molecule has 0 aromatic heterocycles. The second-order valence-corrected chi connectivity index (χ2v) is 5.40. The number of rotatable bonds is 8. The highest BCUT2D eigenvalue weighted by atomic mass is 32.2. The first-order valence-electron chi connectivity index (χ1n) is 5.54. The molecule has 0 aliphatic rings. The van der Waals surface area contributed by atoms with Gasteiger partial charge in [0.2, 0.25) is 5.91 Å². The van der Waals surface area contributed by atoms with Gasteiger partial charge >= 0.3 is 5.97 Å². The molecule has 0 bridgehead atoms. The van der Waals surface area contributed by atoms with E-state index in [4.69, 9.17) is 5.11 Å². The van der Waals surface area contributed by atoms with Gasteiger partial charge in [0.05, 0.1) is 0 Å². The second kappa shape index (κ2) is 8.44. The molecule has 0 saturated heterocycles. The highest BCUT2D eigenvalue weighted by molar-refractivity contribution is 7.99. The van der Waals surface area contributed by atoms with Crippen LogP contribution in [0, 0.1) is 5.92 Å². The summed E-state index contributed by atoms with van der Waals surface area (Å²) in [6, 6.07) is 0. The van der Waals surface area contributed by atoms with Crippen LogP contribution in [0.3, 0.4) is 0 Å². The minimum atomic E-state index is -0.947. The Morgan fingerprint density at radius 2 is 2.00 bits per heavy atom. The van der Waals surface area contributed by atoms with Crippen LogP contribution in [-0.4, -0.2) is 46.5 Å². The molecule has 0 saturated carbocycles. The molecular weight excluding hydrogens is 226 g/mol. The number of thioether (sulfide) groups is 1. The molecule has 0 radical (unpaired) electrons. The summed E-state index contributed by atoms with van der Waals surface area (Å²) >= 11 is 1.70. The van der Waals surface area contributed by atoms with E-state index in [-0.39, 0.29) is 12.5 Å². The topological polar surface area (TPSA) is 57.6 Å². The molecule has 0 aromatic carbocycles. The Bertz CT molecular complexity index is 231. The number of amides is 1. The monoisotopic (exact) mass is 247 g/mol. The lowest BCUT2D eigenvalue weighted by Gasteiger charge is -2.22. The van der Waals surface area contributed by atoms with Gasteiger partial charge in [-0.2, -0.15) is 11.8 Å². The lowest BCUT2D eigenvalue weighted by atomic mass is 10.2. The van der Waals surface area contributed by atoms with Crippen molar-refractivity contribution in [3.8, 4) is 0 Å². The fourth-order valence-electron chi connectivity index (χ4n) is 1.32. The van der Waals surface area contributed by atoms with Crippen LogP contribution in [0.15, 0.2) is 0 Å². The first-order valence-corrected chi connectivity index (χ1v) is 6.70. The summed E-state index contributed by atoms with van der Waals surface area (Å²) in [7, 11) is 0. The minimum Gasteiger partial charge on any atom is -0.480 e. The molecule has 16 heavy (non-hydrogen) atoms. The average molecular weight is 247 g/mol. The number of hydrogen-bond acceptors (Lipinski definition) is 3. The first kappa shape index (κ1) is 15.3. The highest BCUT2D eigenvalue weighted by Gasteiger charge is 2.17. The van der Waals surface area contributed by atoms with Crippen molar-refractivity contribution in [1.82, 2.24) is 4.90 Å². The van der Waals surface area contributed by atoms with E-state index in [0.29, 0.717) is 18.9 Å². The number of hydrogen-bond donors (Lipinski definition) is 1. The van der Waals surface area contributed by atoms with Crippen LogP contribution in [0.1, 0.15) is 27.2 Å². The Kier molecular flexibility index (Phi) is 8.07. The van der Waals surface area contributed by atoms with Crippen LogP contribution < -0.4 is 0 Å². The van der Waals surface area contributed by atoms with Crippen molar-refractivity contribution < 1.29 is 14.7 Å². The molecule has 0 atom stereocenters. The maximum Gasteiger partial charge on any atom is 0.323 e. The number of carbonyl (C=O) groups is 2. The molecule has 0 aromatic rings. The van der Waals surface area contributed by atoms with Gasteiger partial charge in [-0.05, 0) is 11.7 Å². The summed E-state index contributed by atoms with van der Waals surface area (Å²) in [4.78, 5) is 23.8. The molecule has 0 heterocycles. The second-order valence-electron chi connectivity index (χ2n) is 4.01. The van der Waals surface area contributed by atoms with Crippen molar-refractivity contribution in [3.63, 3.8) is 0 Å². The predicted octanol–water partition coefficient (Wildman–Crippen LogP) is 1.70. The van der Waals surface area contributed by atoms with Gasteiger partial charge < -0.3 is 10.0 Å². The van der Waals surface area contributed by atoms with E-state index in [1.54, 1.807) is 11.8 Å². The Morgan fingerprint density at radius 1 is 1.38 bits per heavy atom. The van der Waals surface area contributed by atoms with Crippen molar-refractivity contribution in [3.05, 3.63) is 0 Å². The van der Waals surface area contributed by atoms with E-state index >= 15 is 0 Å². The Hall–Kier alpha value is -0.710. The summed E-state index contributed by atoms with van der Waals surface area (Å²) in [5.74, 6) is 1.04. The molecule has 94 valence electrons. The van der Waals surface area contributed by atoms with Crippen LogP contribution in [0.2, 0.25) is 0 Å². The summed E-state index contributed by atoms with van der Waals surface area (Å²) in [6.07, 6.45) is 0.429. The quantitative estimate of drug-likeness (QED) is 0.663. The summed E-state index contributed by atoms with van der Waals surface area (Å²) in [5.41, 5.74) is 0. The van der Waals surface area contributed by atoms with Crippen LogP contribution in [0.4, 0.5) is 0 Å². The molecule has 0 unspecified atom stereocenters. The van der Waals surface area contributed by atoms with E-state index in [1.165, 1.54) is 4.90 Å². The third-order valence-corrected chi connectivity index (χ3v) is 2.83. The number of nitrogens with zero attached hydrogens (tertiary/aromatic N) is 1. The minimum absolute atomic E-state index is 0.0583. The Morgan fingerprint density at radius 3 is 2.44 bits per heavy atom. The zero-order valence-electron chi connectivity index (χ0n) is 10.2. The summed E-state index contributed by atoms with van der Waals surface area (Å²) < 4.78 is 0. The van der Waals surface area contributed by atoms with Crippen molar-refractivity contribution >= 4 is 23.6 Å². The van der Waals surface area contributed by atoms with Crippen molar-refractivity contribution in [1.29, 1.82) is 0 Å². The van der Waals surface area contributed by atoms with E-state index in [0.717, 1.165) is 11.5 Å². The van der Waals surface area contributed by atoms with Gasteiger partial charge in [-0.3, -0.25) is 9.59 Å². The normalized spacial score (nSPS) is 10.5. The molecule has 4 nitrogen and oxygen atoms in total. The maximum absolute atomic E-state index is 11.7. The van der Waals surface area contributed by atoms with E-state index in [1.807, 2.05) is 20.8 Å². The van der Waals surface area contributed by atoms with E-state index < -0.39 is 5.97 Å². The van der Waals surface area contributed by atoms with Crippen LogP contribution in [-0.2, 0) is 9.59 Å². The average Bonchev–Trinajstić information content (AvgIpc) is 2.15. The third-order valence-electron chi connectivity index (χ3n) is 1.93. The van der Waals surface area contributed by atoms with Gasteiger partial charge in [-0.25, -0.2) is 0 Å². The van der Waals surface area contributed by atoms with Crippen LogP contribution in [0.5, 0.6) is 0 Å². The highest BCUT2D eigenvalue weighted by Crippen LogP contribution is 2.06. The molecule has 0 rings (SSSR count). The lowest BCUT2D eigenvalue weighted by Crippen LogP contribution is -2.38. The molecule has 0 spiro atoms. The molecule has 1 N–H and O–H groups in total. The first-order chi connectivity index (χ1) is 7.47. The van der Waals surface area contributed by atoms with Crippen LogP contribution >= 0.6 is 11.8 Å². The number of aliphatic carboxylic acids is 1. The predicted molar refractivity (Wildman–Crippen MR) is 66.7 cm³/mol. The van der Waals surface area contributed by atoms with Gasteiger partial charge in [0.1, 0.15) is 6.54 Å². The molecule has 1 amide bonds. The molecule has 0 aliphatic carbocycles. The van der Waals surface area contributed by atoms with Gasteiger partial charge in [0, 0.05) is 18.7 Å². The lowest BCUT2D eigenvalue weighted by molar-refractivity contribution is -0.144. The van der Waals surface area contributed by atoms with Gasteiger partial charge in [-0.1, -0.05) is 20.8 Å². The molecular formula is C11H21NO3S. The molecule has 5 heteroatoms. The van der Waals surface area contributed by atoms with Crippen molar-refractivity contribution in [2.24, 2.45) is 5.92 Å². The number of carboxylic acid groups (broad SMARTS) is 1. The van der Waals surface area contributed by atoms with Gasteiger partial charge in [0.25, 0.3) is 0 Å². The number of carbonyl (C=O) groups excluding carboxylic acids is 1. The van der Waals surface area contributed by atoms with Crippen LogP contribution in [0.25, 0.3) is 0 Å². The standard InChI is InChI=1S/C11H21NO3S/c1-4-16-6-5-10(13)12(7-9(2)3)8-11(14)15/h9H,4-8H2,1-3H3,(H,14,15). The SMILES string of the molecule is CCSCCC(=O)N(CC(=O)O)CC(C)C. The third kappa shape index (κ3) is 7.56. The summed E-state index contributed by atoms with van der Waals surface area (Å²) in [6.45, 7) is 6.32. The molecule has 0 aliphatic heterocycles. The summed E-state index contributed by atoms with van der Waals surface area (Å²) in [5, 5.41) is 8.72. The van der Waals surface area contributed by atoms with Crippen molar-refractivity contribution in [2.75, 3.05) is 24.6 Å². The van der Waals surface area contributed by atoms with E-state index in [2.05, 4.69) is 0 Å². The van der Waals surface area contributed by atoms with E-state index in [9.17, 15) is 9.59 Å². The maximum atomic E-state index is 11.7. The fraction of sp³-hybridized carbons (Fsp3) is 0.818. The fourth-order valence-corrected chi connectivity index (χ4v) is 1.93. The zero-order valence-corrected chi connectivity index (χ0v) is 11.0. The number of carboxylic acids is 1. The Balaban J connectivity index is 4.15.